The van der Waals surface area contributed by atoms with Gasteiger partial charge in [0.05, 0.1) is 36.0 Å². The molecule has 2 aromatic carbocycles. The largest absolute Gasteiger partial charge is 0.465 e. The molecule has 37 heavy (non-hydrogen) atoms. The minimum Gasteiger partial charge on any atom is -0.465 e. The van der Waals surface area contributed by atoms with Gasteiger partial charge in [0.25, 0.3) is 10.0 Å². The van der Waals surface area contributed by atoms with Gasteiger partial charge in [0.15, 0.2) is 0 Å². The van der Waals surface area contributed by atoms with E-state index in [9.17, 15) is 26.4 Å². The molecule has 0 aliphatic heterocycles. The molecule has 0 atom stereocenters. The summed E-state index contributed by atoms with van der Waals surface area (Å²) in [4.78, 5) is 12.4. The highest BCUT2D eigenvalue weighted by Gasteiger charge is 2.30. The number of sulfonamides is 1. The number of ether oxygens (including phenoxy) is 1. The number of nitrogens with zero attached hydrogens (tertiary/aromatic N) is 2. The van der Waals surface area contributed by atoms with Gasteiger partial charge >= 0.3 is 12.1 Å². The van der Waals surface area contributed by atoms with Crippen LogP contribution in [0.2, 0.25) is 0 Å². The number of carbonyl (C=O) groups is 1. The molecule has 0 aliphatic carbocycles. The van der Waals surface area contributed by atoms with Gasteiger partial charge in [-0.25, -0.2) is 9.10 Å². The summed E-state index contributed by atoms with van der Waals surface area (Å²) in [6, 6.07) is 18.2. The second-order valence-electron chi connectivity index (χ2n) is 7.66. The molecule has 0 bridgehead atoms. The Hall–Kier alpha value is -4.01. The van der Waals surface area contributed by atoms with Crippen LogP contribution in [0.4, 0.5) is 13.2 Å². The molecule has 0 saturated heterocycles. The molecule has 6 nitrogen and oxygen atoms in total. The van der Waals surface area contributed by atoms with Crippen molar-refractivity contribution in [3.05, 3.63) is 107 Å². The van der Waals surface area contributed by atoms with Gasteiger partial charge in [0.1, 0.15) is 4.21 Å². The zero-order valence-corrected chi connectivity index (χ0v) is 20.9. The van der Waals surface area contributed by atoms with Crippen molar-refractivity contribution in [1.29, 1.82) is 0 Å². The van der Waals surface area contributed by atoms with Crippen molar-refractivity contribution in [1.82, 2.24) is 8.87 Å². The molecule has 190 valence electrons. The van der Waals surface area contributed by atoms with E-state index in [4.69, 9.17) is 4.74 Å². The molecule has 4 rings (SSSR count). The smallest absolute Gasteiger partial charge is 0.416 e. The van der Waals surface area contributed by atoms with Crippen LogP contribution in [0.5, 0.6) is 0 Å². The topological polar surface area (TPSA) is 68.6 Å². The Bertz CT molecular complexity index is 1550. The first-order chi connectivity index (χ1) is 17.6. The Morgan fingerprint density at radius 3 is 2.32 bits per heavy atom. The Labute approximate surface area is 215 Å². The van der Waals surface area contributed by atoms with Crippen LogP contribution in [-0.4, -0.2) is 30.4 Å². The minimum absolute atomic E-state index is 0.0302. The van der Waals surface area contributed by atoms with Gasteiger partial charge in [0, 0.05) is 18.4 Å². The predicted octanol–water partition coefficient (Wildman–Crippen LogP) is 5.54. The fourth-order valence-corrected chi connectivity index (χ4v) is 5.80. The average Bonchev–Trinajstić information content (AvgIpc) is 3.60. The number of esters is 1. The number of hydrogen-bond acceptors (Lipinski definition) is 5. The first-order valence-electron chi connectivity index (χ1n) is 10.7. The lowest BCUT2D eigenvalue weighted by molar-refractivity contribution is -0.137. The van der Waals surface area contributed by atoms with Gasteiger partial charge < -0.3 is 9.30 Å². The zero-order valence-electron chi connectivity index (χ0n) is 19.3. The van der Waals surface area contributed by atoms with Crippen LogP contribution in [0.1, 0.15) is 27.0 Å². The second-order valence-corrected chi connectivity index (χ2v) is 10.7. The Morgan fingerprint density at radius 1 is 1.03 bits per heavy atom. The molecule has 0 fully saturated rings. The van der Waals surface area contributed by atoms with E-state index in [1.54, 1.807) is 58.7 Å². The van der Waals surface area contributed by atoms with Gasteiger partial charge in [-0.2, -0.15) is 21.6 Å². The number of rotatable bonds is 6. The fraction of sp³-hybridized carbons (Fsp3) is 0.115. The molecule has 11 heteroatoms. The van der Waals surface area contributed by atoms with Crippen molar-refractivity contribution in [2.45, 2.75) is 16.9 Å². The lowest BCUT2D eigenvalue weighted by Crippen LogP contribution is -2.25. The zero-order chi connectivity index (χ0) is 26.6. The summed E-state index contributed by atoms with van der Waals surface area (Å²) >= 11 is 0.995. The van der Waals surface area contributed by atoms with Crippen LogP contribution in [-0.2, 0) is 27.5 Å². The number of thiophene rings is 1. The third kappa shape index (κ3) is 5.71. The lowest BCUT2D eigenvalue weighted by Gasteiger charge is -2.18. The van der Waals surface area contributed by atoms with Crippen molar-refractivity contribution in [2.75, 3.05) is 7.11 Å². The van der Waals surface area contributed by atoms with E-state index in [-0.39, 0.29) is 16.3 Å². The summed E-state index contributed by atoms with van der Waals surface area (Å²) in [5.74, 6) is 2.24. The highest BCUT2D eigenvalue weighted by Crippen LogP contribution is 2.30. The summed E-state index contributed by atoms with van der Waals surface area (Å²) < 4.78 is 73.1. The van der Waals surface area contributed by atoms with Crippen LogP contribution in [0, 0.1) is 12.0 Å². The normalized spacial score (nSPS) is 11.5. The predicted molar refractivity (Wildman–Crippen MR) is 132 cm³/mol. The minimum atomic E-state index is -4.51. The van der Waals surface area contributed by atoms with E-state index in [2.05, 4.69) is 12.0 Å². The first-order valence-corrected chi connectivity index (χ1v) is 13.0. The van der Waals surface area contributed by atoms with Crippen molar-refractivity contribution in [2.24, 2.45) is 0 Å². The van der Waals surface area contributed by atoms with Gasteiger partial charge in [-0.1, -0.05) is 24.3 Å². The summed E-state index contributed by atoms with van der Waals surface area (Å²) in [6.45, 7) is -0.291. The molecule has 0 spiro atoms. The van der Waals surface area contributed by atoms with Crippen LogP contribution < -0.4 is 0 Å². The SMILES string of the molecule is COC(=O)c1cccc(C#CN(Cc2ccc(C(F)(F)F)cc2)S(=O)(=O)c2cccs2)c1-n1cccc1. The highest BCUT2D eigenvalue weighted by molar-refractivity contribution is 7.91. The number of methoxy groups -OCH3 is 1. The molecule has 0 unspecified atom stereocenters. The van der Waals surface area contributed by atoms with Gasteiger partial charge in [-0.15, -0.1) is 11.3 Å². The number of aromatic nitrogens is 1. The molecule has 2 aromatic heterocycles. The Balaban J connectivity index is 1.80. The van der Waals surface area contributed by atoms with Crippen LogP contribution >= 0.6 is 11.3 Å². The van der Waals surface area contributed by atoms with Crippen LogP contribution in [0.3, 0.4) is 0 Å². The molecule has 0 radical (unpaired) electrons. The summed E-state index contributed by atoms with van der Waals surface area (Å²) in [5, 5.41) is 1.60. The number of benzene rings is 2. The molecule has 0 N–H and O–H groups in total. The van der Waals surface area contributed by atoms with Crippen molar-refractivity contribution < 1.29 is 31.1 Å². The fourth-order valence-electron chi connectivity index (χ4n) is 3.47. The molecular formula is C26H19F3N2O4S2. The van der Waals surface area contributed by atoms with Gasteiger partial charge in [-0.3, -0.25) is 0 Å². The quantitative estimate of drug-likeness (QED) is 0.182. The Morgan fingerprint density at radius 2 is 1.73 bits per heavy atom. The van der Waals surface area contributed by atoms with Crippen molar-refractivity contribution in [3.8, 4) is 17.7 Å². The van der Waals surface area contributed by atoms with E-state index in [1.807, 2.05) is 0 Å². The summed E-state index contributed by atoms with van der Waals surface area (Å²) in [6.07, 6.45) is -1.11. The lowest BCUT2D eigenvalue weighted by atomic mass is 10.1. The first kappa shape index (κ1) is 26.1. The van der Waals surface area contributed by atoms with E-state index in [0.717, 1.165) is 27.8 Å². The van der Waals surface area contributed by atoms with E-state index in [0.29, 0.717) is 16.8 Å². The van der Waals surface area contributed by atoms with Crippen molar-refractivity contribution in [3.63, 3.8) is 0 Å². The number of halogens is 3. The molecule has 2 heterocycles. The van der Waals surface area contributed by atoms with Gasteiger partial charge in [0.2, 0.25) is 0 Å². The standard InChI is InChI=1S/C26H19F3N2O4S2/c1-35-25(32)22-7-4-6-20(24(22)30-14-2-3-15-30)13-16-31(37(33,34)23-8-5-17-36-23)18-19-9-11-21(12-10-19)26(27,28)29/h2-12,14-15,17H,18H2,1H3. The maximum absolute atomic E-state index is 13.4. The molecular weight excluding hydrogens is 525 g/mol. The van der Waals surface area contributed by atoms with Crippen LogP contribution in [0.15, 0.2) is 88.7 Å². The Kier molecular flexibility index (Phi) is 7.42. The van der Waals surface area contributed by atoms with Gasteiger partial charge in [-0.05, 0) is 59.3 Å². The maximum atomic E-state index is 13.4. The molecule has 4 aromatic rings. The number of carbonyl (C=O) groups excluding carboxylic acids is 1. The average molecular weight is 545 g/mol. The monoisotopic (exact) mass is 544 g/mol. The number of alkyl halides is 3. The molecule has 0 amide bonds. The number of para-hydroxylation sites is 1. The summed E-state index contributed by atoms with van der Waals surface area (Å²) in [7, 11) is -2.86. The third-order valence-electron chi connectivity index (χ3n) is 5.27. The van der Waals surface area contributed by atoms with E-state index in [1.165, 1.54) is 25.3 Å². The summed E-state index contributed by atoms with van der Waals surface area (Å²) in [5.41, 5.74) is 0.441. The van der Waals surface area contributed by atoms with Crippen molar-refractivity contribution >= 4 is 27.3 Å². The highest BCUT2D eigenvalue weighted by atomic mass is 32.2. The van der Waals surface area contributed by atoms with Crippen LogP contribution in [0.25, 0.3) is 5.69 Å². The second kappa shape index (κ2) is 10.5. The number of hydrogen-bond donors (Lipinski definition) is 0. The molecule has 0 saturated carbocycles. The van der Waals surface area contributed by atoms with E-state index >= 15 is 0 Å². The maximum Gasteiger partial charge on any atom is 0.416 e. The molecule has 0 aliphatic rings. The van der Waals surface area contributed by atoms with E-state index < -0.39 is 27.7 Å². The third-order valence-corrected chi connectivity index (χ3v) is 8.29.